The molecule has 3 heteroatoms. The molecule has 1 heterocycles. The van der Waals surface area contributed by atoms with Gasteiger partial charge >= 0.3 is 0 Å². The van der Waals surface area contributed by atoms with Crippen LogP contribution < -0.4 is 11.1 Å². The number of nitrogens with one attached hydrogen (secondary N) is 1. The minimum Gasteiger partial charge on any atom is -0.327 e. The maximum atomic E-state index is 5.98. The molecule has 0 aliphatic carbocycles. The van der Waals surface area contributed by atoms with Gasteiger partial charge in [0.1, 0.15) is 0 Å². The molecule has 0 spiro atoms. The fraction of sp³-hybridized carbons (Fsp3) is 0.667. The SMILES string of the molecule is CCCCC(N)CNCc1sccc1C. The van der Waals surface area contributed by atoms with Gasteiger partial charge in [-0.2, -0.15) is 0 Å². The third kappa shape index (κ3) is 4.78. The van der Waals surface area contributed by atoms with Crippen molar-refractivity contribution >= 4 is 11.3 Å². The van der Waals surface area contributed by atoms with Crippen LogP contribution in [-0.4, -0.2) is 12.6 Å². The van der Waals surface area contributed by atoms with Crippen molar-refractivity contribution < 1.29 is 0 Å². The Kier molecular flexibility index (Phi) is 5.91. The van der Waals surface area contributed by atoms with Gasteiger partial charge in [-0.15, -0.1) is 11.3 Å². The molecule has 1 atom stereocenters. The van der Waals surface area contributed by atoms with Crippen molar-refractivity contribution in [1.82, 2.24) is 5.32 Å². The van der Waals surface area contributed by atoms with E-state index in [1.165, 1.54) is 23.3 Å². The van der Waals surface area contributed by atoms with Crippen LogP contribution in [0.2, 0.25) is 0 Å². The molecule has 0 saturated carbocycles. The van der Waals surface area contributed by atoms with Crippen molar-refractivity contribution in [2.24, 2.45) is 5.73 Å². The fourth-order valence-electron chi connectivity index (χ4n) is 1.52. The lowest BCUT2D eigenvalue weighted by Gasteiger charge is -2.11. The lowest BCUT2D eigenvalue weighted by Crippen LogP contribution is -2.33. The zero-order valence-electron chi connectivity index (χ0n) is 9.75. The summed E-state index contributed by atoms with van der Waals surface area (Å²) >= 11 is 1.82. The Bertz CT molecular complexity index is 270. The first kappa shape index (κ1) is 12.7. The average Bonchev–Trinajstić information content (AvgIpc) is 2.61. The number of hydrogen-bond acceptors (Lipinski definition) is 3. The molecule has 1 aromatic rings. The summed E-state index contributed by atoms with van der Waals surface area (Å²) in [7, 11) is 0. The van der Waals surface area contributed by atoms with Crippen LogP contribution in [-0.2, 0) is 6.54 Å². The zero-order chi connectivity index (χ0) is 11.1. The number of unbranched alkanes of at least 4 members (excludes halogenated alkanes) is 1. The lowest BCUT2D eigenvalue weighted by molar-refractivity contribution is 0.525. The molecule has 0 fully saturated rings. The Labute approximate surface area is 96.9 Å². The van der Waals surface area contributed by atoms with Crippen LogP contribution in [0.25, 0.3) is 0 Å². The normalized spacial score (nSPS) is 13.0. The summed E-state index contributed by atoms with van der Waals surface area (Å²) in [6, 6.07) is 2.48. The number of rotatable bonds is 7. The van der Waals surface area contributed by atoms with Crippen molar-refractivity contribution in [3.05, 3.63) is 21.9 Å². The number of thiophene rings is 1. The van der Waals surface area contributed by atoms with Crippen LogP contribution in [0, 0.1) is 6.92 Å². The average molecular weight is 226 g/mol. The van der Waals surface area contributed by atoms with E-state index in [4.69, 9.17) is 5.73 Å². The number of hydrogen-bond donors (Lipinski definition) is 2. The summed E-state index contributed by atoms with van der Waals surface area (Å²) in [5.41, 5.74) is 7.36. The Morgan fingerprint density at radius 2 is 2.33 bits per heavy atom. The molecule has 0 aromatic carbocycles. The van der Waals surface area contributed by atoms with Crippen LogP contribution >= 0.6 is 11.3 Å². The molecule has 2 nitrogen and oxygen atoms in total. The third-order valence-electron chi connectivity index (χ3n) is 2.59. The molecule has 1 rings (SSSR count). The first-order chi connectivity index (χ1) is 7.24. The zero-order valence-corrected chi connectivity index (χ0v) is 10.6. The van der Waals surface area contributed by atoms with E-state index in [2.05, 4.69) is 30.6 Å². The first-order valence-corrected chi connectivity index (χ1v) is 6.61. The maximum Gasteiger partial charge on any atom is 0.0303 e. The van der Waals surface area contributed by atoms with Crippen LogP contribution in [0.5, 0.6) is 0 Å². The molecule has 0 bridgehead atoms. The fourth-order valence-corrected chi connectivity index (χ4v) is 2.40. The first-order valence-electron chi connectivity index (χ1n) is 5.73. The van der Waals surface area contributed by atoms with E-state index < -0.39 is 0 Å². The second-order valence-corrected chi connectivity index (χ2v) is 5.06. The lowest BCUT2D eigenvalue weighted by atomic mass is 10.1. The smallest absolute Gasteiger partial charge is 0.0303 e. The highest BCUT2D eigenvalue weighted by molar-refractivity contribution is 7.10. The Hall–Kier alpha value is -0.380. The standard InChI is InChI=1S/C12H22N2S/c1-3-4-5-11(13)8-14-9-12-10(2)6-7-15-12/h6-7,11,14H,3-5,8-9,13H2,1-2H3. The van der Waals surface area contributed by atoms with Crippen molar-refractivity contribution in [2.75, 3.05) is 6.54 Å². The summed E-state index contributed by atoms with van der Waals surface area (Å²) in [6.07, 6.45) is 3.60. The quantitative estimate of drug-likeness (QED) is 0.750. The van der Waals surface area contributed by atoms with Gasteiger partial charge in [0.25, 0.3) is 0 Å². The van der Waals surface area contributed by atoms with Crippen molar-refractivity contribution in [3.8, 4) is 0 Å². The van der Waals surface area contributed by atoms with E-state index in [-0.39, 0.29) is 0 Å². The van der Waals surface area contributed by atoms with E-state index in [1.807, 2.05) is 11.3 Å². The summed E-state index contributed by atoms with van der Waals surface area (Å²) in [5, 5.41) is 5.56. The van der Waals surface area contributed by atoms with Gasteiger partial charge < -0.3 is 11.1 Å². The molecule has 15 heavy (non-hydrogen) atoms. The topological polar surface area (TPSA) is 38.0 Å². The highest BCUT2D eigenvalue weighted by atomic mass is 32.1. The summed E-state index contributed by atoms with van der Waals surface area (Å²) in [5.74, 6) is 0. The highest BCUT2D eigenvalue weighted by Crippen LogP contribution is 2.14. The predicted octanol–water partition coefficient (Wildman–Crippen LogP) is 2.66. The minimum absolute atomic E-state index is 0.310. The Morgan fingerprint density at radius 1 is 1.53 bits per heavy atom. The summed E-state index contributed by atoms with van der Waals surface area (Å²) in [6.45, 7) is 6.25. The molecule has 86 valence electrons. The second kappa shape index (κ2) is 6.99. The molecule has 0 aliphatic heterocycles. The van der Waals surface area contributed by atoms with Crippen LogP contribution in [0.1, 0.15) is 36.6 Å². The molecule has 1 aromatic heterocycles. The van der Waals surface area contributed by atoms with Crippen molar-refractivity contribution in [2.45, 2.75) is 45.7 Å². The van der Waals surface area contributed by atoms with Crippen molar-refractivity contribution in [3.63, 3.8) is 0 Å². The minimum atomic E-state index is 0.310. The Morgan fingerprint density at radius 3 is 2.93 bits per heavy atom. The van der Waals surface area contributed by atoms with E-state index in [1.54, 1.807) is 0 Å². The predicted molar refractivity (Wildman–Crippen MR) is 68.3 cm³/mol. The van der Waals surface area contributed by atoms with E-state index in [9.17, 15) is 0 Å². The van der Waals surface area contributed by atoms with Crippen LogP contribution in [0.15, 0.2) is 11.4 Å². The van der Waals surface area contributed by atoms with Gasteiger partial charge in [-0.1, -0.05) is 19.8 Å². The highest BCUT2D eigenvalue weighted by Gasteiger charge is 2.02. The van der Waals surface area contributed by atoms with Gasteiger partial charge in [0.05, 0.1) is 0 Å². The van der Waals surface area contributed by atoms with Crippen LogP contribution in [0.3, 0.4) is 0 Å². The second-order valence-electron chi connectivity index (χ2n) is 4.06. The van der Waals surface area contributed by atoms with Gasteiger partial charge in [-0.25, -0.2) is 0 Å². The molecule has 0 radical (unpaired) electrons. The monoisotopic (exact) mass is 226 g/mol. The van der Waals surface area contributed by atoms with E-state index >= 15 is 0 Å². The van der Waals surface area contributed by atoms with Gasteiger partial charge in [0, 0.05) is 24.0 Å². The van der Waals surface area contributed by atoms with Gasteiger partial charge in [-0.05, 0) is 30.4 Å². The molecular formula is C12H22N2S. The summed E-state index contributed by atoms with van der Waals surface area (Å²) < 4.78 is 0. The van der Waals surface area contributed by atoms with Gasteiger partial charge in [0.15, 0.2) is 0 Å². The molecule has 0 saturated heterocycles. The summed E-state index contributed by atoms with van der Waals surface area (Å²) in [4.78, 5) is 1.43. The Balaban J connectivity index is 2.13. The largest absolute Gasteiger partial charge is 0.327 e. The number of nitrogens with two attached hydrogens (primary N) is 1. The van der Waals surface area contributed by atoms with Gasteiger partial charge in [0.2, 0.25) is 0 Å². The molecule has 1 unspecified atom stereocenters. The molecule has 0 amide bonds. The number of aryl methyl sites for hydroxylation is 1. The van der Waals surface area contributed by atoms with E-state index in [0.717, 1.165) is 19.5 Å². The van der Waals surface area contributed by atoms with E-state index in [0.29, 0.717) is 6.04 Å². The van der Waals surface area contributed by atoms with Gasteiger partial charge in [-0.3, -0.25) is 0 Å². The molecule has 0 aliphatic rings. The van der Waals surface area contributed by atoms with Crippen LogP contribution in [0.4, 0.5) is 0 Å². The van der Waals surface area contributed by atoms with Crippen molar-refractivity contribution in [1.29, 1.82) is 0 Å². The third-order valence-corrected chi connectivity index (χ3v) is 3.61. The molecule has 3 N–H and O–H groups in total. The maximum absolute atomic E-state index is 5.98. The molecular weight excluding hydrogens is 204 g/mol.